The fourth-order valence-corrected chi connectivity index (χ4v) is 2.08. The summed E-state index contributed by atoms with van der Waals surface area (Å²) in [6.45, 7) is 7.69. The predicted octanol–water partition coefficient (Wildman–Crippen LogP) is 0.113. The minimum atomic E-state index is -0.198. The van der Waals surface area contributed by atoms with E-state index >= 15 is 0 Å². The second-order valence-electron chi connectivity index (χ2n) is 4.41. The number of rotatable bonds is 5. The maximum Gasteiger partial charge on any atom is 0.229 e. The Morgan fingerprint density at radius 3 is 2.35 bits per heavy atom. The van der Waals surface area contributed by atoms with Crippen molar-refractivity contribution in [1.29, 1.82) is 0 Å². The van der Waals surface area contributed by atoms with Crippen LogP contribution >= 0.6 is 0 Å². The fourth-order valence-electron chi connectivity index (χ4n) is 2.08. The van der Waals surface area contributed by atoms with E-state index in [9.17, 15) is 9.59 Å². The fraction of sp³-hybridized carbons (Fsp3) is 0.833. The first kappa shape index (κ1) is 14.0. The van der Waals surface area contributed by atoms with Gasteiger partial charge in [0.15, 0.2) is 0 Å². The lowest BCUT2D eigenvalue weighted by Crippen LogP contribution is -2.45. The monoisotopic (exact) mass is 241 g/mol. The third-order valence-electron chi connectivity index (χ3n) is 3.09. The molecule has 0 aromatic heterocycles. The van der Waals surface area contributed by atoms with Gasteiger partial charge in [0.1, 0.15) is 6.42 Å². The highest BCUT2D eigenvalue weighted by Crippen LogP contribution is 2.09. The highest BCUT2D eigenvalue weighted by molar-refractivity contribution is 5.96. The van der Waals surface area contributed by atoms with Gasteiger partial charge in [0, 0.05) is 25.7 Å². The van der Waals surface area contributed by atoms with Crippen molar-refractivity contribution in [2.45, 2.75) is 39.2 Å². The summed E-state index contributed by atoms with van der Waals surface area (Å²) in [5, 5.41) is 5.55. The van der Waals surface area contributed by atoms with Crippen LogP contribution in [-0.2, 0) is 9.59 Å². The van der Waals surface area contributed by atoms with Gasteiger partial charge in [-0.3, -0.25) is 9.59 Å². The third kappa shape index (κ3) is 5.17. The molecule has 17 heavy (non-hydrogen) atoms. The average Bonchev–Trinajstić information content (AvgIpc) is 2.30. The molecule has 0 radical (unpaired) electrons. The molecule has 1 saturated heterocycles. The van der Waals surface area contributed by atoms with E-state index in [0.717, 1.165) is 32.5 Å². The Morgan fingerprint density at radius 2 is 1.82 bits per heavy atom. The first-order valence-corrected chi connectivity index (χ1v) is 6.44. The van der Waals surface area contributed by atoms with Gasteiger partial charge in [-0.25, -0.2) is 0 Å². The number of piperidine rings is 1. The number of hydrogen-bond acceptors (Lipinski definition) is 3. The lowest BCUT2D eigenvalue weighted by molar-refractivity contribution is -0.129. The number of amides is 2. The third-order valence-corrected chi connectivity index (χ3v) is 3.09. The van der Waals surface area contributed by atoms with E-state index < -0.39 is 0 Å². The molecule has 0 spiro atoms. The highest BCUT2D eigenvalue weighted by atomic mass is 16.2. The Hall–Kier alpha value is -1.10. The summed E-state index contributed by atoms with van der Waals surface area (Å²) >= 11 is 0. The van der Waals surface area contributed by atoms with E-state index in [2.05, 4.69) is 22.5 Å². The SMILES string of the molecule is CCNC(=O)CC(=O)NC1CCN(CC)CC1. The van der Waals surface area contributed by atoms with Crippen LogP contribution in [0.1, 0.15) is 33.1 Å². The van der Waals surface area contributed by atoms with Crippen molar-refractivity contribution in [2.75, 3.05) is 26.2 Å². The molecule has 1 heterocycles. The summed E-state index contributed by atoms with van der Waals surface area (Å²) in [5.41, 5.74) is 0. The van der Waals surface area contributed by atoms with Crippen molar-refractivity contribution in [3.05, 3.63) is 0 Å². The summed E-state index contributed by atoms with van der Waals surface area (Å²) in [7, 11) is 0. The van der Waals surface area contributed by atoms with Crippen LogP contribution in [0.2, 0.25) is 0 Å². The van der Waals surface area contributed by atoms with Crippen LogP contribution in [0, 0.1) is 0 Å². The van der Waals surface area contributed by atoms with Crippen molar-refractivity contribution in [1.82, 2.24) is 15.5 Å². The highest BCUT2D eigenvalue weighted by Gasteiger charge is 2.20. The van der Waals surface area contributed by atoms with Gasteiger partial charge in [-0.15, -0.1) is 0 Å². The largest absolute Gasteiger partial charge is 0.356 e. The van der Waals surface area contributed by atoms with Crippen LogP contribution in [0.3, 0.4) is 0 Å². The van der Waals surface area contributed by atoms with E-state index in [1.807, 2.05) is 6.92 Å². The minimum absolute atomic E-state index is 0.0537. The van der Waals surface area contributed by atoms with Gasteiger partial charge in [-0.1, -0.05) is 6.92 Å². The maximum atomic E-state index is 11.6. The van der Waals surface area contributed by atoms with Crippen molar-refractivity contribution in [3.8, 4) is 0 Å². The zero-order chi connectivity index (χ0) is 12.7. The summed E-state index contributed by atoms with van der Waals surface area (Å²) < 4.78 is 0. The normalized spacial score (nSPS) is 17.8. The van der Waals surface area contributed by atoms with E-state index in [0.29, 0.717) is 6.54 Å². The maximum absolute atomic E-state index is 11.6. The van der Waals surface area contributed by atoms with E-state index in [1.54, 1.807) is 0 Å². The van der Waals surface area contributed by atoms with Gasteiger partial charge in [-0.05, 0) is 26.3 Å². The average molecular weight is 241 g/mol. The Kier molecular flexibility index (Phi) is 5.97. The minimum Gasteiger partial charge on any atom is -0.356 e. The molecule has 1 aliphatic heterocycles. The van der Waals surface area contributed by atoms with E-state index in [1.165, 1.54) is 0 Å². The molecule has 2 amide bonds. The first-order chi connectivity index (χ1) is 8.15. The van der Waals surface area contributed by atoms with Crippen LogP contribution in [0.4, 0.5) is 0 Å². The standard InChI is InChI=1S/C12H23N3O2/c1-3-13-11(16)9-12(17)14-10-5-7-15(4-2)8-6-10/h10H,3-9H2,1-2H3,(H,13,16)(H,14,17). The first-order valence-electron chi connectivity index (χ1n) is 6.44. The van der Waals surface area contributed by atoms with Gasteiger partial charge >= 0.3 is 0 Å². The lowest BCUT2D eigenvalue weighted by atomic mass is 10.0. The van der Waals surface area contributed by atoms with Crippen LogP contribution in [0.15, 0.2) is 0 Å². The number of nitrogens with zero attached hydrogens (tertiary/aromatic N) is 1. The molecule has 0 aliphatic carbocycles. The molecule has 0 saturated carbocycles. The molecule has 1 fully saturated rings. The Labute approximate surface area is 103 Å². The molecular weight excluding hydrogens is 218 g/mol. The molecular formula is C12H23N3O2. The van der Waals surface area contributed by atoms with Crippen molar-refractivity contribution in [2.24, 2.45) is 0 Å². The summed E-state index contributed by atoms with van der Waals surface area (Å²) in [6.07, 6.45) is 1.91. The van der Waals surface area contributed by atoms with Crippen LogP contribution in [-0.4, -0.2) is 48.9 Å². The number of carbonyl (C=O) groups is 2. The van der Waals surface area contributed by atoms with Gasteiger partial charge in [0.2, 0.25) is 11.8 Å². The Morgan fingerprint density at radius 1 is 1.18 bits per heavy atom. The molecule has 2 N–H and O–H groups in total. The lowest BCUT2D eigenvalue weighted by Gasteiger charge is -2.31. The molecule has 5 heteroatoms. The molecule has 0 aromatic carbocycles. The molecule has 1 aliphatic rings. The van der Waals surface area contributed by atoms with E-state index in [-0.39, 0.29) is 24.3 Å². The quantitative estimate of drug-likeness (QED) is 0.672. The smallest absolute Gasteiger partial charge is 0.229 e. The summed E-state index contributed by atoms with van der Waals surface area (Å²) in [5.74, 6) is -0.359. The zero-order valence-electron chi connectivity index (χ0n) is 10.8. The van der Waals surface area contributed by atoms with Gasteiger partial charge in [-0.2, -0.15) is 0 Å². The molecule has 0 aromatic rings. The summed E-state index contributed by atoms with van der Waals surface area (Å²) in [6, 6.07) is 0.236. The van der Waals surface area contributed by atoms with Crippen LogP contribution in [0.5, 0.6) is 0 Å². The van der Waals surface area contributed by atoms with Crippen LogP contribution in [0.25, 0.3) is 0 Å². The molecule has 1 rings (SSSR count). The van der Waals surface area contributed by atoms with Crippen LogP contribution < -0.4 is 10.6 Å². The van der Waals surface area contributed by atoms with Gasteiger partial charge < -0.3 is 15.5 Å². The second kappa shape index (κ2) is 7.27. The molecule has 0 unspecified atom stereocenters. The Bertz CT molecular complexity index is 260. The molecule has 5 nitrogen and oxygen atoms in total. The molecule has 0 bridgehead atoms. The van der Waals surface area contributed by atoms with Crippen molar-refractivity contribution >= 4 is 11.8 Å². The number of carbonyl (C=O) groups excluding carboxylic acids is 2. The second-order valence-corrected chi connectivity index (χ2v) is 4.41. The predicted molar refractivity (Wildman–Crippen MR) is 66.6 cm³/mol. The van der Waals surface area contributed by atoms with Gasteiger partial charge in [0.05, 0.1) is 0 Å². The number of hydrogen-bond donors (Lipinski definition) is 2. The zero-order valence-corrected chi connectivity index (χ0v) is 10.8. The number of likely N-dealkylation sites (tertiary alicyclic amines) is 1. The topological polar surface area (TPSA) is 61.4 Å². The van der Waals surface area contributed by atoms with E-state index in [4.69, 9.17) is 0 Å². The Balaban J connectivity index is 2.21. The van der Waals surface area contributed by atoms with Gasteiger partial charge in [0.25, 0.3) is 0 Å². The van der Waals surface area contributed by atoms with Crippen molar-refractivity contribution in [3.63, 3.8) is 0 Å². The summed E-state index contributed by atoms with van der Waals surface area (Å²) in [4.78, 5) is 25.1. The number of nitrogens with one attached hydrogen (secondary N) is 2. The molecule has 98 valence electrons. The molecule has 0 atom stereocenters. The van der Waals surface area contributed by atoms with Crippen molar-refractivity contribution < 1.29 is 9.59 Å².